The van der Waals surface area contributed by atoms with E-state index in [4.69, 9.17) is 4.84 Å². The number of nitrogens with zero attached hydrogens (tertiary/aromatic N) is 2. The fraction of sp³-hybridized carbons (Fsp3) is 0.947. The van der Waals surface area contributed by atoms with Crippen LogP contribution >= 0.6 is 0 Å². The highest BCUT2D eigenvalue weighted by Gasteiger charge is 2.44. The summed E-state index contributed by atoms with van der Waals surface area (Å²) in [6.07, 6.45) is 15.8. The maximum absolute atomic E-state index is 11.8. The summed E-state index contributed by atoms with van der Waals surface area (Å²) in [5.74, 6) is -0.194. The van der Waals surface area contributed by atoms with Gasteiger partial charge in [0.05, 0.1) is 0 Å². The summed E-state index contributed by atoms with van der Waals surface area (Å²) < 4.78 is 0. The lowest BCUT2D eigenvalue weighted by atomic mass is 9.73. The lowest BCUT2D eigenvalue weighted by Gasteiger charge is -2.33. The van der Waals surface area contributed by atoms with E-state index in [0.29, 0.717) is 0 Å². The maximum Gasteiger partial charge on any atom is 0.311 e. The Labute approximate surface area is 142 Å². The quantitative estimate of drug-likeness (QED) is 0.347. The van der Waals surface area contributed by atoms with Gasteiger partial charge in [0.1, 0.15) is 0 Å². The molecule has 4 nitrogen and oxygen atoms in total. The van der Waals surface area contributed by atoms with Crippen molar-refractivity contribution in [2.45, 2.75) is 110 Å². The van der Waals surface area contributed by atoms with Crippen molar-refractivity contribution in [3.63, 3.8) is 0 Å². The molecule has 0 saturated heterocycles. The van der Waals surface area contributed by atoms with Crippen LogP contribution < -0.4 is 0 Å². The van der Waals surface area contributed by atoms with Crippen LogP contribution in [0.15, 0.2) is 10.4 Å². The number of hydrogen-bond acceptors (Lipinski definition) is 3. The van der Waals surface area contributed by atoms with E-state index in [9.17, 15) is 4.79 Å². The zero-order valence-corrected chi connectivity index (χ0v) is 15.5. The van der Waals surface area contributed by atoms with Crippen molar-refractivity contribution in [2.75, 3.05) is 0 Å². The Morgan fingerprint density at radius 3 is 1.83 bits per heavy atom. The van der Waals surface area contributed by atoms with E-state index in [2.05, 4.69) is 31.2 Å². The second-order valence-electron chi connectivity index (χ2n) is 7.01. The van der Waals surface area contributed by atoms with Crippen molar-refractivity contribution in [3.8, 4) is 0 Å². The van der Waals surface area contributed by atoms with E-state index in [0.717, 1.165) is 19.3 Å². The van der Waals surface area contributed by atoms with Crippen LogP contribution in [0.25, 0.3) is 0 Å². The smallest absolute Gasteiger partial charge is 0.311 e. The van der Waals surface area contributed by atoms with Crippen LogP contribution in [-0.4, -0.2) is 12.0 Å². The van der Waals surface area contributed by atoms with Crippen molar-refractivity contribution in [2.24, 2.45) is 15.8 Å². The first-order chi connectivity index (χ1) is 11.2. The SMILES string of the molecule is CCCCCCCCCCCCC(CC)(CC)C1ON=NC1=O. The van der Waals surface area contributed by atoms with Gasteiger partial charge in [-0.3, -0.25) is 4.79 Å². The molecule has 1 heterocycles. The van der Waals surface area contributed by atoms with Gasteiger partial charge in [-0.2, -0.15) is 0 Å². The largest absolute Gasteiger partial charge is 0.365 e. The van der Waals surface area contributed by atoms with Crippen LogP contribution in [0.4, 0.5) is 0 Å². The highest BCUT2D eigenvalue weighted by Crippen LogP contribution is 2.40. The van der Waals surface area contributed by atoms with Gasteiger partial charge in [0.25, 0.3) is 0 Å². The van der Waals surface area contributed by atoms with Crippen LogP contribution in [0.2, 0.25) is 0 Å². The average molecular weight is 325 g/mol. The molecule has 1 amide bonds. The molecular formula is C19H36N2O2. The summed E-state index contributed by atoms with van der Waals surface area (Å²) in [4.78, 5) is 17.1. The first kappa shape index (κ1) is 20.1. The van der Waals surface area contributed by atoms with Crippen molar-refractivity contribution in [3.05, 3.63) is 0 Å². The molecule has 0 radical (unpaired) electrons. The summed E-state index contributed by atoms with van der Waals surface area (Å²) in [6.45, 7) is 6.56. The van der Waals surface area contributed by atoms with Gasteiger partial charge in [0.15, 0.2) is 0 Å². The zero-order valence-electron chi connectivity index (χ0n) is 15.5. The molecule has 0 spiro atoms. The summed E-state index contributed by atoms with van der Waals surface area (Å²) in [7, 11) is 0. The third kappa shape index (κ3) is 6.60. The number of carbonyl (C=O) groups excluding carboxylic acids is 1. The molecule has 23 heavy (non-hydrogen) atoms. The lowest BCUT2D eigenvalue weighted by molar-refractivity contribution is -0.132. The fourth-order valence-electron chi connectivity index (χ4n) is 3.65. The molecule has 4 heteroatoms. The molecule has 1 aliphatic rings. The first-order valence-corrected chi connectivity index (χ1v) is 9.81. The van der Waals surface area contributed by atoms with Gasteiger partial charge in [-0.05, 0) is 19.3 Å². The molecule has 0 N–H and O–H groups in total. The number of amides is 1. The topological polar surface area (TPSA) is 51.0 Å². The fourth-order valence-corrected chi connectivity index (χ4v) is 3.65. The molecule has 0 aromatic carbocycles. The number of rotatable bonds is 14. The van der Waals surface area contributed by atoms with E-state index in [1.807, 2.05) is 0 Å². The molecule has 1 atom stereocenters. The van der Waals surface area contributed by atoms with E-state index in [-0.39, 0.29) is 11.3 Å². The molecule has 1 unspecified atom stereocenters. The Morgan fingerprint density at radius 2 is 1.39 bits per heavy atom. The molecule has 1 aliphatic heterocycles. The highest BCUT2D eigenvalue weighted by atomic mass is 16.7. The predicted molar refractivity (Wildman–Crippen MR) is 94.2 cm³/mol. The molecule has 134 valence electrons. The zero-order chi connectivity index (χ0) is 17.0. The van der Waals surface area contributed by atoms with Crippen molar-refractivity contribution < 1.29 is 9.63 Å². The Hall–Kier alpha value is -0.930. The van der Waals surface area contributed by atoms with Crippen molar-refractivity contribution >= 4 is 5.91 Å². The predicted octanol–water partition coefficient (Wildman–Crippen LogP) is 6.40. The van der Waals surface area contributed by atoms with Crippen LogP contribution in [0.1, 0.15) is 104 Å². The van der Waals surface area contributed by atoms with E-state index in [1.165, 1.54) is 64.2 Å². The summed E-state index contributed by atoms with van der Waals surface area (Å²) in [6, 6.07) is 0. The monoisotopic (exact) mass is 324 g/mol. The highest BCUT2D eigenvalue weighted by molar-refractivity contribution is 5.82. The molecule has 0 fully saturated rings. The molecule has 0 bridgehead atoms. The van der Waals surface area contributed by atoms with Gasteiger partial charge < -0.3 is 4.84 Å². The number of hydrogen-bond donors (Lipinski definition) is 0. The minimum absolute atomic E-state index is 0.0826. The second-order valence-corrected chi connectivity index (χ2v) is 7.01. The van der Waals surface area contributed by atoms with Gasteiger partial charge in [-0.15, -0.1) is 0 Å². The van der Waals surface area contributed by atoms with Crippen LogP contribution in [0.3, 0.4) is 0 Å². The Balaban J connectivity index is 2.15. The minimum Gasteiger partial charge on any atom is -0.365 e. The van der Waals surface area contributed by atoms with E-state index < -0.39 is 6.10 Å². The summed E-state index contributed by atoms with van der Waals surface area (Å²) in [5, 5.41) is 7.03. The van der Waals surface area contributed by atoms with Gasteiger partial charge in [0, 0.05) is 10.7 Å². The number of unbranched alkanes of at least 4 members (excludes halogenated alkanes) is 9. The van der Waals surface area contributed by atoms with Gasteiger partial charge in [-0.1, -0.05) is 90.1 Å². The second kappa shape index (κ2) is 11.6. The first-order valence-electron chi connectivity index (χ1n) is 9.81. The van der Waals surface area contributed by atoms with Crippen LogP contribution in [-0.2, 0) is 9.63 Å². The number of carbonyl (C=O) groups is 1. The Bertz CT molecular complexity index is 351. The van der Waals surface area contributed by atoms with Crippen molar-refractivity contribution in [1.29, 1.82) is 0 Å². The average Bonchev–Trinajstić information content (AvgIpc) is 3.00. The third-order valence-electron chi connectivity index (χ3n) is 5.51. The third-order valence-corrected chi connectivity index (χ3v) is 5.51. The molecule has 0 aromatic rings. The van der Waals surface area contributed by atoms with Crippen LogP contribution in [0, 0.1) is 5.41 Å². The minimum atomic E-state index is -0.448. The van der Waals surface area contributed by atoms with Crippen molar-refractivity contribution in [1.82, 2.24) is 0 Å². The summed E-state index contributed by atoms with van der Waals surface area (Å²) >= 11 is 0. The molecular weight excluding hydrogens is 288 g/mol. The molecule has 0 saturated carbocycles. The Kier molecular flexibility index (Phi) is 10.1. The van der Waals surface area contributed by atoms with Gasteiger partial charge >= 0.3 is 5.91 Å². The molecule has 0 aliphatic carbocycles. The van der Waals surface area contributed by atoms with Gasteiger partial charge in [0.2, 0.25) is 6.10 Å². The standard InChI is InChI=1S/C19H36N2O2/c1-4-7-8-9-10-11-12-13-14-15-16-19(5-2,6-3)17-18(22)20-21-23-17/h17H,4-16H2,1-3H3. The summed E-state index contributed by atoms with van der Waals surface area (Å²) in [5.41, 5.74) is -0.0826. The normalized spacial score (nSPS) is 17.7. The van der Waals surface area contributed by atoms with Gasteiger partial charge in [-0.25, -0.2) is 0 Å². The lowest BCUT2D eigenvalue weighted by Crippen LogP contribution is -2.38. The van der Waals surface area contributed by atoms with E-state index >= 15 is 0 Å². The van der Waals surface area contributed by atoms with Crippen LogP contribution in [0.5, 0.6) is 0 Å². The Morgan fingerprint density at radius 1 is 0.870 bits per heavy atom. The molecule has 1 rings (SSSR count). The maximum atomic E-state index is 11.8. The van der Waals surface area contributed by atoms with E-state index in [1.54, 1.807) is 0 Å². The molecule has 0 aromatic heterocycles.